The number of nitrogens with zero attached hydrogens (tertiary/aromatic N) is 2. The molecule has 1 aliphatic heterocycles. The van der Waals surface area contributed by atoms with Crippen LogP contribution in [0.5, 0.6) is 11.5 Å². The zero-order valence-electron chi connectivity index (χ0n) is 12.1. The first-order chi connectivity index (χ1) is 10.6. The third-order valence-electron chi connectivity index (χ3n) is 3.37. The second-order valence-electron chi connectivity index (χ2n) is 4.99. The monoisotopic (exact) mass is 321 g/mol. The molecule has 0 aliphatic carbocycles. The van der Waals surface area contributed by atoms with Crippen LogP contribution in [0, 0.1) is 0 Å². The Morgan fingerprint density at radius 1 is 1.32 bits per heavy atom. The van der Waals surface area contributed by atoms with E-state index in [0.717, 1.165) is 23.5 Å². The maximum Gasteiger partial charge on any atom is 0.287 e. The zero-order valence-corrected chi connectivity index (χ0v) is 12.9. The lowest BCUT2D eigenvalue weighted by molar-refractivity contribution is 0.297. The maximum absolute atomic E-state index is 11.7. The van der Waals surface area contributed by atoms with E-state index < -0.39 is 0 Å². The average Bonchev–Trinajstić information content (AvgIpc) is 2.77. The molecule has 1 N–H and O–H groups in total. The van der Waals surface area contributed by atoms with Crippen LogP contribution in [0.1, 0.15) is 12.0 Å². The predicted octanol–water partition coefficient (Wildman–Crippen LogP) is 2.21. The van der Waals surface area contributed by atoms with Crippen molar-refractivity contribution in [3.8, 4) is 11.5 Å². The molecule has 2 aromatic rings. The van der Waals surface area contributed by atoms with Gasteiger partial charge in [-0.25, -0.2) is 4.68 Å². The molecule has 0 amide bonds. The summed E-state index contributed by atoms with van der Waals surface area (Å²) in [4.78, 5) is 11.7. The van der Waals surface area contributed by atoms with Crippen LogP contribution >= 0.6 is 11.6 Å². The highest BCUT2D eigenvalue weighted by atomic mass is 35.5. The molecule has 1 aliphatic rings. The fourth-order valence-electron chi connectivity index (χ4n) is 2.15. The molecule has 116 valence electrons. The standard InChI is InChI=1S/C15H16ClN3O3/c1-19-15(20)14(16)11(9-18-19)17-8-10-3-4-12-13(7-10)22-6-2-5-21-12/h3-4,7,9,17H,2,5-6,8H2,1H3. The Balaban J connectivity index is 1.76. The highest BCUT2D eigenvalue weighted by Gasteiger charge is 2.11. The summed E-state index contributed by atoms with van der Waals surface area (Å²) in [5, 5.41) is 7.19. The van der Waals surface area contributed by atoms with Gasteiger partial charge in [0, 0.05) is 20.0 Å². The van der Waals surface area contributed by atoms with Gasteiger partial charge in [-0.15, -0.1) is 0 Å². The number of ether oxygens (including phenoxy) is 2. The van der Waals surface area contributed by atoms with E-state index in [2.05, 4.69) is 10.4 Å². The Kier molecular flexibility index (Phi) is 4.20. The Morgan fingerprint density at radius 3 is 2.91 bits per heavy atom. The molecule has 0 unspecified atom stereocenters. The first kappa shape index (κ1) is 14.7. The lowest BCUT2D eigenvalue weighted by Crippen LogP contribution is -2.21. The summed E-state index contributed by atoms with van der Waals surface area (Å²) in [5.74, 6) is 1.50. The van der Waals surface area contributed by atoms with Gasteiger partial charge in [-0.2, -0.15) is 5.10 Å². The second-order valence-corrected chi connectivity index (χ2v) is 5.36. The van der Waals surface area contributed by atoms with Crippen LogP contribution in [0.25, 0.3) is 0 Å². The molecular weight excluding hydrogens is 306 g/mol. The van der Waals surface area contributed by atoms with E-state index in [9.17, 15) is 4.79 Å². The number of nitrogens with one attached hydrogen (secondary N) is 1. The fourth-order valence-corrected chi connectivity index (χ4v) is 2.39. The van der Waals surface area contributed by atoms with Gasteiger partial charge in [0.25, 0.3) is 5.56 Å². The number of hydrogen-bond acceptors (Lipinski definition) is 5. The number of rotatable bonds is 3. The summed E-state index contributed by atoms with van der Waals surface area (Å²) < 4.78 is 12.4. The predicted molar refractivity (Wildman–Crippen MR) is 83.9 cm³/mol. The maximum atomic E-state index is 11.7. The van der Waals surface area contributed by atoms with Gasteiger partial charge in [-0.1, -0.05) is 17.7 Å². The molecule has 22 heavy (non-hydrogen) atoms. The quantitative estimate of drug-likeness (QED) is 0.939. The van der Waals surface area contributed by atoms with Crippen molar-refractivity contribution in [2.24, 2.45) is 7.05 Å². The lowest BCUT2D eigenvalue weighted by Gasteiger charge is -2.11. The van der Waals surface area contributed by atoms with Crippen LogP contribution in [-0.4, -0.2) is 23.0 Å². The summed E-state index contributed by atoms with van der Waals surface area (Å²) >= 11 is 6.02. The largest absolute Gasteiger partial charge is 0.490 e. The molecule has 0 saturated carbocycles. The third-order valence-corrected chi connectivity index (χ3v) is 3.74. The van der Waals surface area contributed by atoms with Gasteiger partial charge in [0.05, 0.1) is 25.1 Å². The number of anilines is 1. The van der Waals surface area contributed by atoms with Crippen LogP contribution in [0.15, 0.2) is 29.2 Å². The minimum absolute atomic E-state index is 0.131. The van der Waals surface area contributed by atoms with Crippen molar-refractivity contribution in [1.29, 1.82) is 0 Å². The molecule has 0 fully saturated rings. The SMILES string of the molecule is Cn1ncc(NCc2ccc3c(c2)OCCCO3)c(Cl)c1=O. The fraction of sp³-hybridized carbons (Fsp3) is 0.333. The van der Waals surface area contributed by atoms with Crippen LogP contribution in [0.2, 0.25) is 5.02 Å². The Labute approximate surface area is 132 Å². The van der Waals surface area contributed by atoms with E-state index >= 15 is 0 Å². The van der Waals surface area contributed by atoms with Crippen molar-refractivity contribution in [2.45, 2.75) is 13.0 Å². The minimum atomic E-state index is -0.328. The Bertz CT molecular complexity index is 745. The lowest BCUT2D eigenvalue weighted by atomic mass is 10.2. The van der Waals surface area contributed by atoms with Gasteiger partial charge >= 0.3 is 0 Å². The van der Waals surface area contributed by atoms with E-state index in [0.29, 0.717) is 25.4 Å². The number of benzene rings is 1. The van der Waals surface area contributed by atoms with Crippen molar-refractivity contribution in [2.75, 3.05) is 18.5 Å². The topological polar surface area (TPSA) is 65.4 Å². The summed E-state index contributed by atoms with van der Waals surface area (Å²) in [6, 6.07) is 5.76. The highest BCUT2D eigenvalue weighted by Crippen LogP contribution is 2.30. The molecular formula is C15H16ClN3O3. The average molecular weight is 322 g/mol. The van der Waals surface area contributed by atoms with E-state index in [1.165, 1.54) is 10.9 Å². The summed E-state index contributed by atoms with van der Waals surface area (Å²) in [6.07, 6.45) is 2.41. The van der Waals surface area contributed by atoms with E-state index in [4.69, 9.17) is 21.1 Å². The normalized spacial score (nSPS) is 13.5. The number of aryl methyl sites for hydroxylation is 1. The van der Waals surface area contributed by atoms with Gasteiger partial charge < -0.3 is 14.8 Å². The zero-order chi connectivity index (χ0) is 15.5. The number of aromatic nitrogens is 2. The molecule has 3 rings (SSSR count). The van der Waals surface area contributed by atoms with E-state index in [1.54, 1.807) is 7.05 Å². The number of fused-ring (bicyclic) bond motifs is 1. The van der Waals surface area contributed by atoms with Gasteiger partial charge in [0.1, 0.15) is 5.02 Å². The van der Waals surface area contributed by atoms with Crippen molar-refractivity contribution >= 4 is 17.3 Å². The molecule has 0 radical (unpaired) electrons. The highest BCUT2D eigenvalue weighted by molar-refractivity contribution is 6.32. The summed E-state index contributed by atoms with van der Waals surface area (Å²) in [5.41, 5.74) is 1.18. The van der Waals surface area contributed by atoms with Gasteiger partial charge in [-0.05, 0) is 17.7 Å². The van der Waals surface area contributed by atoms with Gasteiger partial charge in [0.15, 0.2) is 11.5 Å². The van der Waals surface area contributed by atoms with Gasteiger partial charge in [0.2, 0.25) is 0 Å². The smallest absolute Gasteiger partial charge is 0.287 e. The van der Waals surface area contributed by atoms with Crippen LogP contribution in [0.3, 0.4) is 0 Å². The van der Waals surface area contributed by atoms with Crippen molar-refractivity contribution in [3.63, 3.8) is 0 Å². The van der Waals surface area contributed by atoms with Crippen molar-refractivity contribution in [3.05, 3.63) is 45.3 Å². The molecule has 0 spiro atoms. The molecule has 1 aromatic heterocycles. The van der Waals surface area contributed by atoms with Crippen LogP contribution < -0.4 is 20.3 Å². The van der Waals surface area contributed by atoms with Crippen molar-refractivity contribution in [1.82, 2.24) is 9.78 Å². The molecule has 0 bridgehead atoms. The van der Waals surface area contributed by atoms with Crippen LogP contribution in [-0.2, 0) is 13.6 Å². The third kappa shape index (κ3) is 3.01. The summed E-state index contributed by atoms with van der Waals surface area (Å²) in [6.45, 7) is 1.82. The van der Waals surface area contributed by atoms with E-state index in [-0.39, 0.29) is 10.6 Å². The number of halogens is 1. The molecule has 0 saturated heterocycles. The molecule has 0 atom stereocenters. The van der Waals surface area contributed by atoms with Crippen LogP contribution in [0.4, 0.5) is 5.69 Å². The first-order valence-electron chi connectivity index (χ1n) is 6.99. The second kappa shape index (κ2) is 6.27. The van der Waals surface area contributed by atoms with Crippen molar-refractivity contribution < 1.29 is 9.47 Å². The number of hydrogen-bond donors (Lipinski definition) is 1. The minimum Gasteiger partial charge on any atom is -0.490 e. The molecule has 1 aromatic carbocycles. The Morgan fingerprint density at radius 2 is 2.09 bits per heavy atom. The molecule has 7 heteroatoms. The van der Waals surface area contributed by atoms with E-state index in [1.807, 2.05) is 18.2 Å². The molecule has 6 nitrogen and oxygen atoms in total. The Hall–Kier alpha value is -2.21. The molecule has 2 heterocycles. The van der Waals surface area contributed by atoms with Gasteiger partial charge in [-0.3, -0.25) is 4.79 Å². The first-order valence-corrected chi connectivity index (χ1v) is 7.37. The summed E-state index contributed by atoms with van der Waals surface area (Å²) in [7, 11) is 1.56.